The first-order valence-electron chi connectivity index (χ1n) is 13.2. The highest BCUT2D eigenvalue weighted by molar-refractivity contribution is 5.75. The molecule has 210 valence electrons. The summed E-state index contributed by atoms with van der Waals surface area (Å²) in [4.78, 5) is 22.0. The fraction of sp³-hybridized carbons (Fsp3) is 0.212. The van der Waals surface area contributed by atoms with Crippen LogP contribution in [-0.4, -0.2) is 29.7 Å². The van der Waals surface area contributed by atoms with E-state index in [1.807, 2.05) is 62.4 Å². The van der Waals surface area contributed by atoms with Gasteiger partial charge in [0.15, 0.2) is 12.7 Å². The van der Waals surface area contributed by atoms with Crippen molar-refractivity contribution in [2.24, 2.45) is 5.73 Å². The quantitative estimate of drug-likeness (QED) is 0.218. The molecular weight excluding hydrogens is 506 g/mol. The Balaban J connectivity index is 0.000000284. The minimum atomic E-state index is -1.04. The summed E-state index contributed by atoms with van der Waals surface area (Å²) < 4.78 is 16.3. The van der Waals surface area contributed by atoms with Gasteiger partial charge in [-0.05, 0) is 66.1 Å². The van der Waals surface area contributed by atoms with Crippen molar-refractivity contribution in [2.45, 2.75) is 39.7 Å². The molecule has 1 atom stereocenters. The summed E-state index contributed by atoms with van der Waals surface area (Å²) in [7, 11) is 0. The SMILES string of the molecule is CC.CCc1ccc(Oc2ccccc2)cc1.NC(=O)COc1ccc(CC(Oc2ccccc2)C(=O)O)cc1. The van der Waals surface area contributed by atoms with Crippen molar-refractivity contribution in [1.82, 2.24) is 0 Å². The van der Waals surface area contributed by atoms with Crippen molar-refractivity contribution in [2.75, 3.05) is 6.61 Å². The van der Waals surface area contributed by atoms with Gasteiger partial charge in [-0.3, -0.25) is 4.79 Å². The predicted molar refractivity (Wildman–Crippen MR) is 157 cm³/mol. The molecule has 0 saturated carbocycles. The predicted octanol–water partition coefficient (Wildman–Crippen LogP) is 6.69. The van der Waals surface area contributed by atoms with Crippen LogP contribution in [0.2, 0.25) is 0 Å². The fourth-order valence-corrected chi connectivity index (χ4v) is 3.35. The molecule has 40 heavy (non-hydrogen) atoms. The summed E-state index contributed by atoms with van der Waals surface area (Å²) in [6, 6.07) is 33.6. The summed E-state index contributed by atoms with van der Waals surface area (Å²) in [5, 5.41) is 9.29. The third kappa shape index (κ3) is 11.7. The number of hydrogen-bond acceptors (Lipinski definition) is 5. The zero-order valence-corrected chi connectivity index (χ0v) is 23.2. The number of primary amides is 1. The number of para-hydroxylation sites is 2. The van der Waals surface area contributed by atoms with E-state index in [-0.39, 0.29) is 13.0 Å². The van der Waals surface area contributed by atoms with Crippen LogP contribution in [0.1, 0.15) is 31.9 Å². The van der Waals surface area contributed by atoms with Crippen LogP contribution < -0.4 is 19.9 Å². The second-order valence-electron chi connectivity index (χ2n) is 8.27. The van der Waals surface area contributed by atoms with E-state index in [0.717, 1.165) is 23.5 Å². The van der Waals surface area contributed by atoms with E-state index < -0.39 is 18.0 Å². The summed E-state index contributed by atoms with van der Waals surface area (Å²) in [5.41, 5.74) is 7.10. The normalized spacial score (nSPS) is 10.5. The standard InChI is InChI=1S/C17H17NO5.C14H14O.C2H6/c18-16(19)11-22-13-8-6-12(7-9-13)10-15(17(20)21)23-14-4-2-1-3-5-14;1-2-12-8-10-14(11-9-12)15-13-6-4-3-5-7-13;1-2/h1-9,15H,10-11H2,(H2,18,19)(H,20,21);3-11H,2H2,1H3;1-2H3. The molecule has 0 aromatic heterocycles. The number of hydrogen-bond donors (Lipinski definition) is 2. The molecule has 0 spiro atoms. The number of aliphatic carboxylic acids is 1. The van der Waals surface area contributed by atoms with Crippen molar-refractivity contribution in [1.29, 1.82) is 0 Å². The van der Waals surface area contributed by atoms with Crippen molar-refractivity contribution in [3.63, 3.8) is 0 Å². The average molecular weight is 544 g/mol. The number of aryl methyl sites for hydroxylation is 1. The number of carboxylic acids is 1. The Morgan fingerprint density at radius 1 is 0.700 bits per heavy atom. The largest absolute Gasteiger partial charge is 0.484 e. The molecule has 1 amide bonds. The van der Waals surface area contributed by atoms with Crippen LogP contribution in [0.25, 0.3) is 0 Å². The number of nitrogens with two attached hydrogens (primary N) is 1. The number of amides is 1. The molecule has 4 aromatic rings. The van der Waals surface area contributed by atoms with Crippen molar-refractivity contribution in [3.8, 4) is 23.0 Å². The second kappa shape index (κ2) is 17.7. The van der Waals surface area contributed by atoms with Gasteiger partial charge in [-0.25, -0.2) is 4.79 Å². The Kier molecular flexibility index (Phi) is 13.9. The first-order chi connectivity index (χ1) is 19.4. The van der Waals surface area contributed by atoms with Gasteiger partial charge in [0, 0.05) is 6.42 Å². The highest BCUT2D eigenvalue weighted by Gasteiger charge is 2.20. The second-order valence-corrected chi connectivity index (χ2v) is 8.27. The van der Waals surface area contributed by atoms with Gasteiger partial charge in [0.25, 0.3) is 5.91 Å². The molecule has 3 N–H and O–H groups in total. The third-order valence-corrected chi connectivity index (χ3v) is 5.33. The number of rotatable bonds is 11. The fourth-order valence-electron chi connectivity index (χ4n) is 3.35. The number of carbonyl (C=O) groups excluding carboxylic acids is 1. The summed E-state index contributed by atoms with van der Waals surface area (Å²) in [5.74, 6) is 1.16. The smallest absolute Gasteiger partial charge is 0.345 e. The lowest BCUT2D eigenvalue weighted by atomic mass is 10.1. The Hall–Kier alpha value is -4.78. The topological polar surface area (TPSA) is 108 Å². The first kappa shape index (κ1) is 31.4. The molecule has 0 saturated heterocycles. The van der Waals surface area contributed by atoms with Crippen molar-refractivity contribution < 1.29 is 28.9 Å². The molecule has 0 fully saturated rings. The Morgan fingerprint density at radius 3 is 1.68 bits per heavy atom. The van der Waals surface area contributed by atoms with E-state index in [9.17, 15) is 14.7 Å². The maximum atomic E-state index is 11.4. The van der Waals surface area contributed by atoms with Crippen LogP contribution in [0.5, 0.6) is 23.0 Å². The van der Waals surface area contributed by atoms with Gasteiger partial charge in [-0.15, -0.1) is 0 Å². The van der Waals surface area contributed by atoms with E-state index in [1.54, 1.807) is 48.5 Å². The highest BCUT2D eigenvalue weighted by Crippen LogP contribution is 2.21. The molecule has 0 aliphatic heterocycles. The van der Waals surface area contributed by atoms with Gasteiger partial charge >= 0.3 is 5.97 Å². The molecule has 4 rings (SSSR count). The molecule has 0 bridgehead atoms. The molecule has 0 aliphatic carbocycles. The molecule has 7 nitrogen and oxygen atoms in total. The van der Waals surface area contributed by atoms with Crippen LogP contribution in [-0.2, 0) is 22.4 Å². The van der Waals surface area contributed by atoms with E-state index in [4.69, 9.17) is 19.9 Å². The van der Waals surface area contributed by atoms with Gasteiger partial charge < -0.3 is 25.1 Å². The summed E-state index contributed by atoms with van der Waals surface area (Å²) in [6.45, 7) is 5.95. The van der Waals surface area contributed by atoms with Gasteiger partial charge in [-0.2, -0.15) is 0 Å². The minimum Gasteiger partial charge on any atom is -0.484 e. The van der Waals surface area contributed by atoms with Crippen LogP contribution in [0, 0.1) is 0 Å². The monoisotopic (exact) mass is 543 g/mol. The van der Waals surface area contributed by atoms with Crippen LogP contribution in [0.3, 0.4) is 0 Å². The highest BCUT2D eigenvalue weighted by atomic mass is 16.5. The average Bonchev–Trinajstić information content (AvgIpc) is 2.99. The van der Waals surface area contributed by atoms with E-state index in [0.29, 0.717) is 11.5 Å². The number of carbonyl (C=O) groups is 2. The lowest BCUT2D eigenvalue weighted by Crippen LogP contribution is -2.29. The van der Waals surface area contributed by atoms with Crippen LogP contribution in [0.15, 0.2) is 109 Å². The maximum absolute atomic E-state index is 11.4. The lowest BCUT2D eigenvalue weighted by molar-refractivity contribution is -0.145. The Labute approximate surface area is 236 Å². The van der Waals surface area contributed by atoms with Crippen LogP contribution in [0.4, 0.5) is 0 Å². The molecule has 0 aliphatic rings. The zero-order chi connectivity index (χ0) is 29.2. The molecule has 4 aromatic carbocycles. The summed E-state index contributed by atoms with van der Waals surface area (Å²) in [6.07, 6.45) is 0.279. The Bertz CT molecular complexity index is 1260. The Morgan fingerprint density at radius 2 is 1.18 bits per heavy atom. The first-order valence-corrected chi connectivity index (χ1v) is 13.2. The molecule has 7 heteroatoms. The van der Waals surface area contributed by atoms with Gasteiger partial charge in [0.2, 0.25) is 0 Å². The molecule has 1 unspecified atom stereocenters. The van der Waals surface area contributed by atoms with Crippen LogP contribution >= 0.6 is 0 Å². The zero-order valence-electron chi connectivity index (χ0n) is 23.2. The van der Waals surface area contributed by atoms with E-state index >= 15 is 0 Å². The number of benzene rings is 4. The van der Waals surface area contributed by atoms with E-state index in [1.165, 1.54) is 5.56 Å². The lowest BCUT2D eigenvalue weighted by Gasteiger charge is -2.15. The summed E-state index contributed by atoms with van der Waals surface area (Å²) >= 11 is 0. The van der Waals surface area contributed by atoms with Gasteiger partial charge in [0.1, 0.15) is 23.0 Å². The van der Waals surface area contributed by atoms with Crippen molar-refractivity contribution >= 4 is 11.9 Å². The molecular formula is C33H37NO6. The molecule has 0 heterocycles. The minimum absolute atomic E-state index is 0.200. The molecule has 0 radical (unpaired) electrons. The third-order valence-electron chi connectivity index (χ3n) is 5.33. The van der Waals surface area contributed by atoms with Crippen molar-refractivity contribution in [3.05, 3.63) is 120 Å². The van der Waals surface area contributed by atoms with Gasteiger partial charge in [0.05, 0.1) is 0 Å². The van der Waals surface area contributed by atoms with Gasteiger partial charge in [-0.1, -0.05) is 81.4 Å². The number of ether oxygens (including phenoxy) is 3. The maximum Gasteiger partial charge on any atom is 0.345 e. The van der Waals surface area contributed by atoms with E-state index in [2.05, 4.69) is 19.1 Å². The number of carboxylic acid groups (broad SMARTS) is 1.